The quantitative estimate of drug-likeness (QED) is 0.592. The zero-order chi connectivity index (χ0) is 23.5. The minimum absolute atomic E-state index is 0.0768. The Labute approximate surface area is 192 Å². The van der Waals surface area contributed by atoms with Crippen molar-refractivity contribution in [3.63, 3.8) is 0 Å². The summed E-state index contributed by atoms with van der Waals surface area (Å²) in [7, 11) is 1.71. The Balaban J connectivity index is 1.51. The van der Waals surface area contributed by atoms with Gasteiger partial charge in [0.1, 0.15) is 17.5 Å². The summed E-state index contributed by atoms with van der Waals surface area (Å²) in [5.41, 5.74) is 3.33. The van der Waals surface area contributed by atoms with Crippen molar-refractivity contribution in [1.82, 2.24) is 25.2 Å². The molecule has 1 fully saturated rings. The van der Waals surface area contributed by atoms with E-state index in [1.165, 1.54) is 4.68 Å². The molecule has 0 aliphatic heterocycles. The Kier molecular flexibility index (Phi) is 6.57. The van der Waals surface area contributed by atoms with Crippen molar-refractivity contribution in [3.8, 4) is 11.3 Å². The Hall–Kier alpha value is -3.49. The Morgan fingerprint density at radius 1 is 1.15 bits per heavy atom. The Morgan fingerprint density at radius 2 is 1.91 bits per heavy atom. The normalized spacial score (nSPS) is 19.2. The molecule has 1 aliphatic carbocycles. The molecular weight excluding hydrogens is 420 g/mol. The van der Waals surface area contributed by atoms with Gasteiger partial charge in [-0.3, -0.25) is 19.3 Å². The maximum Gasteiger partial charge on any atom is 0.270 e. The molecule has 4 rings (SSSR count). The predicted molar refractivity (Wildman–Crippen MR) is 123 cm³/mol. The summed E-state index contributed by atoms with van der Waals surface area (Å²) < 4.78 is 6.73. The van der Waals surface area contributed by atoms with Gasteiger partial charge >= 0.3 is 0 Å². The summed E-state index contributed by atoms with van der Waals surface area (Å²) >= 11 is 0. The van der Waals surface area contributed by atoms with Crippen LogP contribution in [-0.4, -0.2) is 37.8 Å². The zero-order valence-corrected chi connectivity index (χ0v) is 19.5. The summed E-state index contributed by atoms with van der Waals surface area (Å²) in [6, 6.07) is 4.63. The highest BCUT2D eigenvalue weighted by Crippen LogP contribution is 2.31. The first-order valence-electron chi connectivity index (χ1n) is 11.3. The second-order valence-corrected chi connectivity index (χ2v) is 8.93. The number of anilines is 1. The van der Waals surface area contributed by atoms with E-state index < -0.39 is 6.04 Å². The van der Waals surface area contributed by atoms with Gasteiger partial charge < -0.3 is 15.2 Å². The molecule has 33 heavy (non-hydrogen) atoms. The lowest BCUT2D eigenvalue weighted by Crippen LogP contribution is -2.49. The Bertz CT molecular complexity index is 1110. The third-order valence-electron chi connectivity index (χ3n) is 6.48. The third kappa shape index (κ3) is 4.97. The fourth-order valence-electron chi connectivity index (χ4n) is 4.51. The van der Waals surface area contributed by atoms with Crippen LogP contribution in [0.5, 0.6) is 0 Å². The molecule has 0 radical (unpaired) electrons. The number of carbonyl (C=O) groups excluding carboxylic acids is 2. The van der Waals surface area contributed by atoms with Gasteiger partial charge in [0.15, 0.2) is 0 Å². The lowest BCUT2D eigenvalue weighted by atomic mass is 9.79. The standard InChI is InChI=1S/C24H30N6O3/c1-14-5-7-17(8-6-14)22(28-23(31)20-11-12-26-30(20)4)24(32)27-18-9-10-19(25-13-18)21-15(2)29-33-16(21)3/h9-14,17,22H,5-8H2,1-4H3,(H,27,32)(H,28,31)/t14-,17-,22-/m0/s1. The molecule has 0 unspecified atom stereocenters. The van der Waals surface area contributed by atoms with E-state index in [0.717, 1.165) is 42.6 Å². The topological polar surface area (TPSA) is 115 Å². The van der Waals surface area contributed by atoms with E-state index in [1.54, 1.807) is 31.6 Å². The van der Waals surface area contributed by atoms with Gasteiger partial charge in [0.25, 0.3) is 5.91 Å². The van der Waals surface area contributed by atoms with E-state index in [-0.39, 0.29) is 17.7 Å². The van der Waals surface area contributed by atoms with Gasteiger partial charge in [0, 0.05) is 13.2 Å². The highest BCUT2D eigenvalue weighted by atomic mass is 16.5. The van der Waals surface area contributed by atoms with Crippen LogP contribution in [0.2, 0.25) is 0 Å². The molecule has 9 heteroatoms. The maximum absolute atomic E-state index is 13.3. The molecule has 3 aromatic heterocycles. The summed E-state index contributed by atoms with van der Waals surface area (Å²) in [6.45, 7) is 5.93. The van der Waals surface area contributed by atoms with Gasteiger partial charge in [-0.1, -0.05) is 24.9 Å². The average molecular weight is 451 g/mol. The molecule has 3 aromatic rings. The molecule has 1 aliphatic rings. The molecule has 0 aromatic carbocycles. The van der Waals surface area contributed by atoms with E-state index in [4.69, 9.17) is 4.52 Å². The second-order valence-electron chi connectivity index (χ2n) is 8.93. The van der Waals surface area contributed by atoms with Crippen LogP contribution in [-0.2, 0) is 11.8 Å². The van der Waals surface area contributed by atoms with Gasteiger partial charge in [-0.15, -0.1) is 0 Å². The highest BCUT2D eigenvalue weighted by Gasteiger charge is 2.33. The largest absolute Gasteiger partial charge is 0.361 e. The van der Waals surface area contributed by atoms with E-state index in [1.807, 2.05) is 19.9 Å². The molecule has 0 saturated heterocycles. The van der Waals surface area contributed by atoms with Crippen molar-refractivity contribution in [2.75, 3.05) is 5.32 Å². The minimum atomic E-state index is -0.637. The van der Waals surface area contributed by atoms with Gasteiger partial charge in [-0.25, -0.2) is 0 Å². The summed E-state index contributed by atoms with van der Waals surface area (Å²) in [4.78, 5) is 30.6. The number of aromatic nitrogens is 4. The predicted octanol–water partition coefficient (Wildman–Crippen LogP) is 3.65. The Morgan fingerprint density at radius 3 is 2.48 bits per heavy atom. The number of carbonyl (C=O) groups is 2. The first kappa shape index (κ1) is 22.7. The van der Waals surface area contributed by atoms with Crippen LogP contribution in [0.4, 0.5) is 5.69 Å². The van der Waals surface area contributed by atoms with E-state index in [0.29, 0.717) is 23.1 Å². The van der Waals surface area contributed by atoms with E-state index in [9.17, 15) is 9.59 Å². The molecule has 2 amide bonds. The van der Waals surface area contributed by atoms with Crippen LogP contribution in [0.25, 0.3) is 11.3 Å². The third-order valence-corrected chi connectivity index (χ3v) is 6.48. The van der Waals surface area contributed by atoms with Crippen molar-refractivity contribution in [3.05, 3.63) is 47.7 Å². The number of pyridine rings is 1. The first-order valence-corrected chi connectivity index (χ1v) is 11.3. The van der Waals surface area contributed by atoms with Crippen LogP contribution >= 0.6 is 0 Å². The molecule has 2 N–H and O–H groups in total. The van der Waals surface area contributed by atoms with Crippen LogP contribution in [0, 0.1) is 25.7 Å². The number of hydrogen-bond acceptors (Lipinski definition) is 6. The summed E-state index contributed by atoms with van der Waals surface area (Å²) in [5, 5.41) is 13.9. The average Bonchev–Trinajstić information content (AvgIpc) is 3.38. The fourth-order valence-corrected chi connectivity index (χ4v) is 4.51. The maximum atomic E-state index is 13.3. The van der Waals surface area contributed by atoms with Crippen LogP contribution in [0.15, 0.2) is 35.1 Å². The smallest absolute Gasteiger partial charge is 0.270 e. The second kappa shape index (κ2) is 9.56. The molecule has 1 saturated carbocycles. The number of aryl methyl sites for hydroxylation is 3. The van der Waals surface area contributed by atoms with Gasteiger partial charge in [-0.2, -0.15) is 5.10 Å². The monoisotopic (exact) mass is 450 g/mol. The van der Waals surface area contributed by atoms with Crippen LogP contribution in [0.1, 0.15) is 54.5 Å². The van der Waals surface area contributed by atoms with Crippen LogP contribution < -0.4 is 10.6 Å². The molecule has 0 spiro atoms. The fraction of sp³-hybridized carbons (Fsp3) is 0.458. The number of amides is 2. The van der Waals surface area contributed by atoms with Crippen molar-refractivity contribution in [2.24, 2.45) is 18.9 Å². The van der Waals surface area contributed by atoms with E-state index >= 15 is 0 Å². The molecule has 174 valence electrons. The lowest BCUT2D eigenvalue weighted by molar-refractivity contribution is -0.119. The molecular formula is C24H30N6O3. The minimum Gasteiger partial charge on any atom is -0.361 e. The molecule has 0 bridgehead atoms. The number of nitrogens with one attached hydrogen (secondary N) is 2. The molecule has 1 atom stereocenters. The highest BCUT2D eigenvalue weighted by molar-refractivity contribution is 6.00. The van der Waals surface area contributed by atoms with Gasteiger partial charge in [0.05, 0.1) is 28.8 Å². The molecule has 3 heterocycles. The van der Waals surface area contributed by atoms with Crippen molar-refractivity contribution in [1.29, 1.82) is 0 Å². The van der Waals surface area contributed by atoms with Crippen LogP contribution in [0.3, 0.4) is 0 Å². The number of hydrogen-bond donors (Lipinski definition) is 2. The summed E-state index contributed by atoms with van der Waals surface area (Å²) in [5.74, 6) is 0.866. The number of rotatable bonds is 6. The van der Waals surface area contributed by atoms with Crippen molar-refractivity contribution < 1.29 is 14.1 Å². The summed E-state index contributed by atoms with van der Waals surface area (Å²) in [6.07, 6.45) is 7.07. The van der Waals surface area contributed by atoms with Crippen molar-refractivity contribution >= 4 is 17.5 Å². The van der Waals surface area contributed by atoms with Crippen molar-refractivity contribution in [2.45, 2.75) is 52.5 Å². The molecule has 9 nitrogen and oxygen atoms in total. The van der Waals surface area contributed by atoms with Gasteiger partial charge in [-0.05, 0) is 56.7 Å². The van der Waals surface area contributed by atoms with Gasteiger partial charge in [0.2, 0.25) is 5.91 Å². The lowest BCUT2D eigenvalue weighted by Gasteiger charge is -2.32. The van der Waals surface area contributed by atoms with E-state index in [2.05, 4.69) is 32.8 Å². The zero-order valence-electron chi connectivity index (χ0n) is 19.5. The number of nitrogens with zero attached hydrogens (tertiary/aromatic N) is 4. The SMILES string of the molecule is Cc1noc(C)c1-c1ccc(NC(=O)[C@@H](NC(=O)c2ccnn2C)[C@H]2CC[C@H](C)CC2)cn1. The first-order chi connectivity index (χ1) is 15.8.